The quantitative estimate of drug-likeness (QED) is 0.0165. The van der Waals surface area contributed by atoms with E-state index in [1.165, 1.54) is 24.0 Å². The molecule has 4 aromatic rings. The number of amides is 6. The van der Waals surface area contributed by atoms with Crippen LogP contribution >= 0.6 is 0 Å². The van der Waals surface area contributed by atoms with Crippen LogP contribution in [0.15, 0.2) is 83.0 Å². The van der Waals surface area contributed by atoms with Crippen LogP contribution in [0.4, 0.5) is 11.4 Å². The maximum absolute atomic E-state index is 14.1. The molecule has 22 nitrogen and oxygen atoms in total. The Bertz CT molecular complexity index is 3010. The number of nitrogens with zero attached hydrogens (tertiary/aromatic N) is 4. The Morgan fingerprint density at radius 2 is 1.44 bits per heavy atom. The minimum atomic E-state index is -0.923. The smallest absolute Gasteiger partial charge is 0.329 e. The van der Waals surface area contributed by atoms with Crippen LogP contribution in [0, 0.1) is 5.41 Å². The standard InChI is InChI=1S/C60H73N7O15/c1-8-60(2,3)55(71)58(74)66-29-13-10-20-45(66)59(75)82-46(24-21-37-22-25-47(76-4)48(30-37)77-5)38-16-14-17-40(31-38)80-35-52(69)61-27-11-9-12-28-62-53(70)36-81-54-49(78-6)32-39(33-50(54)79-7)64-65-43-19-15-18-41-42(43)34-67(57(41)73)44-23-26-51(68)63-56(44)72/h14-19,22,25,30-33,44-46H,8-13,20-21,23-24,26-29,34-36H2,1-7H3,(H,61,69)(H,62,70)(H,63,68,72)/t44?,45-,46+/m0/s1. The minimum absolute atomic E-state index is 0.126. The number of imide groups is 1. The molecule has 438 valence electrons. The largest absolute Gasteiger partial charge is 0.493 e. The second kappa shape index (κ2) is 28.7. The molecule has 3 atom stereocenters. The first-order valence-electron chi connectivity index (χ1n) is 27.6. The molecule has 2 fully saturated rings. The van der Waals surface area contributed by atoms with E-state index in [0.29, 0.717) is 116 Å². The van der Waals surface area contributed by atoms with E-state index in [1.807, 2.05) is 25.1 Å². The summed E-state index contributed by atoms with van der Waals surface area (Å²) in [6.07, 6.45) is 4.59. The number of carbonyl (C=O) groups excluding carboxylic acids is 8. The van der Waals surface area contributed by atoms with Crippen LogP contribution in [-0.4, -0.2) is 130 Å². The van der Waals surface area contributed by atoms with Crippen molar-refractivity contribution in [2.24, 2.45) is 15.6 Å². The molecule has 3 aliphatic heterocycles. The molecule has 6 amide bonds. The van der Waals surface area contributed by atoms with Gasteiger partial charge in [0, 0.05) is 61.3 Å². The molecule has 2 saturated heterocycles. The van der Waals surface area contributed by atoms with Gasteiger partial charge in [-0.25, -0.2) is 4.79 Å². The molecule has 0 spiro atoms. The zero-order chi connectivity index (χ0) is 58.9. The van der Waals surface area contributed by atoms with E-state index in [1.54, 1.807) is 82.7 Å². The van der Waals surface area contributed by atoms with Crippen molar-refractivity contribution in [2.75, 3.05) is 61.3 Å². The summed E-state index contributed by atoms with van der Waals surface area (Å²) in [5, 5.41) is 16.8. The van der Waals surface area contributed by atoms with Crippen molar-refractivity contribution in [3.05, 3.63) is 95.1 Å². The third kappa shape index (κ3) is 15.5. The topological polar surface area (TPSA) is 268 Å². The van der Waals surface area contributed by atoms with Gasteiger partial charge in [-0.2, -0.15) is 10.2 Å². The predicted octanol–water partition coefficient (Wildman–Crippen LogP) is 7.36. The average molecular weight is 1130 g/mol. The first-order valence-corrected chi connectivity index (χ1v) is 27.6. The van der Waals surface area contributed by atoms with Crippen LogP contribution in [0.2, 0.25) is 0 Å². The number of ether oxygens (including phenoxy) is 7. The first kappa shape index (κ1) is 61.1. The lowest BCUT2D eigenvalue weighted by Gasteiger charge is -2.36. The van der Waals surface area contributed by atoms with E-state index in [2.05, 4.69) is 26.2 Å². The molecule has 1 unspecified atom stereocenters. The Labute approximate surface area is 476 Å². The van der Waals surface area contributed by atoms with Crippen LogP contribution in [-0.2, 0) is 51.3 Å². The lowest BCUT2D eigenvalue weighted by atomic mass is 9.84. The summed E-state index contributed by atoms with van der Waals surface area (Å²) in [7, 11) is 5.97. The first-order chi connectivity index (χ1) is 39.5. The number of methoxy groups -OCH3 is 4. The zero-order valence-electron chi connectivity index (χ0n) is 47.6. The van der Waals surface area contributed by atoms with Gasteiger partial charge in [-0.1, -0.05) is 45.0 Å². The highest BCUT2D eigenvalue weighted by atomic mass is 16.6. The number of unbranched alkanes of at least 4 members (excludes halogenated alkanes) is 2. The van der Waals surface area contributed by atoms with Crippen molar-refractivity contribution in [1.82, 2.24) is 25.8 Å². The number of likely N-dealkylation sites (tertiary alicyclic amines) is 1. The summed E-state index contributed by atoms with van der Waals surface area (Å²) >= 11 is 0. The number of carbonyl (C=O) groups is 8. The van der Waals surface area contributed by atoms with E-state index >= 15 is 0 Å². The maximum Gasteiger partial charge on any atom is 0.329 e. The number of hydrogen-bond donors (Lipinski definition) is 3. The molecule has 7 rings (SSSR count). The van der Waals surface area contributed by atoms with Gasteiger partial charge in [-0.05, 0) is 112 Å². The lowest BCUT2D eigenvalue weighted by molar-refractivity contribution is -0.164. The van der Waals surface area contributed by atoms with E-state index in [4.69, 9.17) is 33.2 Å². The van der Waals surface area contributed by atoms with Gasteiger partial charge < -0.3 is 53.6 Å². The van der Waals surface area contributed by atoms with Gasteiger partial charge in [0.1, 0.15) is 23.9 Å². The van der Waals surface area contributed by atoms with E-state index in [-0.39, 0.29) is 80.0 Å². The van der Waals surface area contributed by atoms with E-state index < -0.39 is 47.2 Å². The molecule has 0 radical (unpaired) electrons. The highest BCUT2D eigenvalue weighted by Gasteiger charge is 2.42. The summed E-state index contributed by atoms with van der Waals surface area (Å²) < 4.78 is 40.1. The molecule has 3 N–H and O–H groups in total. The molecule has 0 bridgehead atoms. The molecule has 82 heavy (non-hydrogen) atoms. The molecule has 0 saturated carbocycles. The summed E-state index contributed by atoms with van der Waals surface area (Å²) in [6, 6.07) is 19.0. The molecule has 3 heterocycles. The van der Waals surface area contributed by atoms with Crippen LogP contribution in [0.5, 0.6) is 34.5 Å². The molecule has 3 aliphatic rings. The summed E-state index contributed by atoms with van der Waals surface area (Å²) in [6.45, 7) is 5.83. The Balaban J connectivity index is 0.857. The van der Waals surface area contributed by atoms with Gasteiger partial charge in [0.25, 0.3) is 23.6 Å². The van der Waals surface area contributed by atoms with Crippen LogP contribution in [0.1, 0.15) is 118 Å². The van der Waals surface area contributed by atoms with Crippen molar-refractivity contribution >= 4 is 58.6 Å². The third-order valence-corrected chi connectivity index (χ3v) is 14.9. The normalized spacial score (nSPS) is 16.4. The number of benzene rings is 4. The van der Waals surface area contributed by atoms with Gasteiger partial charge >= 0.3 is 5.97 Å². The van der Waals surface area contributed by atoms with Crippen LogP contribution < -0.4 is 44.4 Å². The second-order valence-corrected chi connectivity index (χ2v) is 20.7. The molecular weight excluding hydrogens is 1060 g/mol. The number of Topliss-reactive ketones (excluding diaryl/α,β-unsaturated/α-hetero) is 1. The van der Waals surface area contributed by atoms with Gasteiger partial charge in [0.2, 0.25) is 23.3 Å². The number of ketones is 1. The van der Waals surface area contributed by atoms with Crippen molar-refractivity contribution in [3.63, 3.8) is 0 Å². The Morgan fingerprint density at radius 3 is 2.11 bits per heavy atom. The predicted molar refractivity (Wildman–Crippen MR) is 299 cm³/mol. The van der Waals surface area contributed by atoms with Crippen LogP contribution in [0.3, 0.4) is 0 Å². The SMILES string of the molecule is CCC(C)(C)C(=O)C(=O)N1CCCC[C@H]1C(=O)O[C@H](CCc1ccc(OC)c(OC)c1)c1cccc(OCC(=O)NCCCCCNC(=O)COc2c(OC)cc(N=Nc3cccc4c3CN(C3CCC(=O)NC3=O)C4=O)cc2OC)c1. The Kier molecular flexibility index (Phi) is 21.4. The summed E-state index contributed by atoms with van der Waals surface area (Å²) in [5.41, 5.74) is 2.40. The van der Waals surface area contributed by atoms with Crippen molar-refractivity contribution in [2.45, 2.75) is 116 Å². The van der Waals surface area contributed by atoms with E-state index in [0.717, 1.165) is 5.56 Å². The lowest BCUT2D eigenvalue weighted by Crippen LogP contribution is -2.53. The van der Waals surface area contributed by atoms with Gasteiger partial charge in [-0.3, -0.25) is 38.9 Å². The highest BCUT2D eigenvalue weighted by Crippen LogP contribution is 2.42. The minimum Gasteiger partial charge on any atom is -0.493 e. The van der Waals surface area contributed by atoms with Crippen molar-refractivity contribution in [3.8, 4) is 34.5 Å². The number of nitrogens with one attached hydrogen (secondary N) is 3. The molecule has 4 aromatic carbocycles. The Morgan fingerprint density at radius 1 is 0.756 bits per heavy atom. The molecule has 0 aliphatic carbocycles. The average Bonchev–Trinajstić information content (AvgIpc) is 3.98. The summed E-state index contributed by atoms with van der Waals surface area (Å²) in [4.78, 5) is 107. The van der Waals surface area contributed by atoms with Crippen molar-refractivity contribution < 1.29 is 71.5 Å². The number of hydrogen-bond acceptors (Lipinski definition) is 17. The molecule has 22 heteroatoms. The number of esters is 1. The third-order valence-electron chi connectivity index (χ3n) is 14.9. The summed E-state index contributed by atoms with van der Waals surface area (Å²) in [5.74, 6) is -1.59. The number of azo groups is 1. The van der Waals surface area contributed by atoms with Crippen molar-refractivity contribution in [1.29, 1.82) is 0 Å². The Hall–Kier alpha value is -8.56. The fourth-order valence-corrected chi connectivity index (χ4v) is 9.76. The fourth-order valence-electron chi connectivity index (χ4n) is 9.76. The van der Waals surface area contributed by atoms with Gasteiger partial charge in [0.15, 0.2) is 36.2 Å². The zero-order valence-corrected chi connectivity index (χ0v) is 47.6. The van der Waals surface area contributed by atoms with Crippen LogP contribution in [0.25, 0.3) is 0 Å². The van der Waals surface area contributed by atoms with Gasteiger partial charge in [0.05, 0.1) is 39.8 Å². The highest BCUT2D eigenvalue weighted by molar-refractivity contribution is 6.38. The number of aryl methyl sites for hydroxylation is 1. The molecular formula is C60H73N7O15. The maximum atomic E-state index is 14.1. The second-order valence-electron chi connectivity index (χ2n) is 20.7. The molecule has 0 aromatic heterocycles. The number of rotatable bonds is 28. The monoisotopic (exact) mass is 1130 g/mol. The van der Waals surface area contributed by atoms with E-state index in [9.17, 15) is 38.4 Å². The number of fused-ring (bicyclic) bond motifs is 1. The fraction of sp³-hybridized carbons (Fsp3) is 0.467. The van der Waals surface area contributed by atoms with Gasteiger partial charge in [-0.15, -0.1) is 0 Å². The number of piperidine rings is 2.